The lowest BCUT2D eigenvalue weighted by atomic mass is 10.2. The Balaban J connectivity index is 2.24. The fraction of sp³-hybridized carbons (Fsp3) is 0.750. The average molecular weight is 226 g/mol. The lowest BCUT2D eigenvalue weighted by Gasteiger charge is -2.37. The first kappa shape index (κ1) is 13.2. The number of hydrogen-bond acceptors (Lipinski definition) is 3. The van der Waals surface area contributed by atoms with Crippen molar-refractivity contribution in [1.29, 1.82) is 0 Å². The van der Waals surface area contributed by atoms with Crippen LogP contribution in [0.15, 0.2) is 12.2 Å². The molecule has 0 aliphatic carbocycles. The molecule has 0 radical (unpaired) electrons. The Morgan fingerprint density at radius 3 is 2.50 bits per heavy atom. The second-order valence-corrected chi connectivity index (χ2v) is 4.33. The predicted molar refractivity (Wildman–Crippen MR) is 64.5 cm³/mol. The van der Waals surface area contributed by atoms with Crippen molar-refractivity contribution in [3.05, 3.63) is 12.2 Å². The largest absolute Gasteiger partial charge is 0.478 e. The molecule has 1 saturated heterocycles. The molecule has 1 heterocycles. The highest BCUT2D eigenvalue weighted by Crippen LogP contribution is 2.08. The van der Waals surface area contributed by atoms with E-state index in [0.29, 0.717) is 6.04 Å². The van der Waals surface area contributed by atoms with Gasteiger partial charge in [-0.1, -0.05) is 13.0 Å². The van der Waals surface area contributed by atoms with Gasteiger partial charge in [0.2, 0.25) is 0 Å². The smallest absolute Gasteiger partial charge is 0.328 e. The number of nitrogens with zero attached hydrogens (tertiary/aromatic N) is 2. The fourth-order valence-corrected chi connectivity index (χ4v) is 1.95. The number of carbonyl (C=O) groups is 1. The molecule has 0 aromatic rings. The lowest BCUT2D eigenvalue weighted by Crippen LogP contribution is -2.49. The molecule has 1 rings (SSSR count). The van der Waals surface area contributed by atoms with E-state index >= 15 is 0 Å². The number of aliphatic carboxylic acids is 1. The van der Waals surface area contributed by atoms with Crippen LogP contribution in [-0.4, -0.2) is 59.6 Å². The summed E-state index contributed by atoms with van der Waals surface area (Å²) in [4.78, 5) is 15.1. The molecular formula is C12H22N2O2. The van der Waals surface area contributed by atoms with Gasteiger partial charge in [-0.15, -0.1) is 0 Å². The van der Waals surface area contributed by atoms with Crippen molar-refractivity contribution in [2.75, 3.05) is 32.7 Å². The monoisotopic (exact) mass is 226 g/mol. The number of rotatable bonds is 5. The van der Waals surface area contributed by atoms with Gasteiger partial charge in [0.25, 0.3) is 0 Å². The molecule has 0 spiro atoms. The van der Waals surface area contributed by atoms with Gasteiger partial charge in [0.15, 0.2) is 0 Å². The SMILES string of the molecule is CCC(C)N1CCN(CC=CC(=O)O)CC1. The van der Waals surface area contributed by atoms with Crippen molar-refractivity contribution in [3.8, 4) is 0 Å². The first-order valence-electron chi connectivity index (χ1n) is 5.99. The van der Waals surface area contributed by atoms with Crippen molar-refractivity contribution >= 4 is 5.97 Å². The summed E-state index contributed by atoms with van der Waals surface area (Å²) in [5.41, 5.74) is 0. The van der Waals surface area contributed by atoms with Crippen LogP contribution in [0.5, 0.6) is 0 Å². The minimum absolute atomic E-state index is 0.664. The van der Waals surface area contributed by atoms with E-state index in [4.69, 9.17) is 5.11 Å². The van der Waals surface area contributed by atoms with Crippen molar-refractivity contribution in [3.63, 3.8) is 0 Å². The third-order valence-corrected chi connectivity index (χ3v) is 3.25. The molecule has 0 saturated carbocycles. The Labute approximate surface area is 97.5 Å². The third-order valence-electron chi connectivity index (χ3n) is 3.25. The van der Waals surface area contributed by atoms with Crippen molar-refractivity contribution in [1.82, 2.24) is 9.80 Å². The number of carboxylic acids is 1. The molecule has 0 aromatic heterocycles. The van der Waals surface area contributed by atoms with Crippen LogP contribution in [-0.2, 0) is 4.79 Å². The Hall–Kier alpha value is -0.870. The van der Waals surface area contributed by atoms with E-state index in [0.717, 1.165) is 32.7 Å². The highest BCUT2D eigenvalue weighted by Gasteiger charge is 2.18. The summed E-state index contributed by atoms with van der Waals surface area (Å²) in [6.45, 7) is 9.49. The fourth-order valence-electron chi connectivity index (χ4n) is 1.95. The molecule has 16 heavy (non-hydrogen) atoms. The molecule has 4 nitrogen and oxygen atoms in total. The molecule has 0 amide bonds. The van der Waals surface area contributed by atoms with Crippen LogP contribution in [0.1, 0.15) is 20.3 Å². The first-order valence-corrected chi connectivity index (χ1v) is 5.99. The molecule has 0 aromatic carbocycles. The maximum absolute atomic E-state index is 10.3. The molecule has 92 valence electrons. The Kier molecular flexibility index (Phi) is 5.49. The molecule has 1 aliphatic heterocycles. The molecule has 1 unspecified atom stereocenters. The zero-order chi connectivity index (χ0) is 12.0. The van der Waals surface area contributed by atoms with Gasteiger partial charge >= 0.3 is 5.97 Å². The van der Waals surface area contributed by atoms with E-state index < -0.39 is 5.97 Å². The normalized spacial score (nSPS) is 21.4. The Morgan fingerprint density at radius 1 is 1.38 bits per heavy atom. The van der Waals surface area contributed by atoms with Gasteiger partial charge < -0.3 is 5.11 Å². The van der Waals surface area contributed by atoms with Crippen LogP contribution in [0.3, 0.4) is 0 Å². The van der Waals surface area contributed by atoms with E-state index in [9.17, 15) is 4.79 Å². The van der Waals surface area contributed by atoms with Crippen LogP contribution in [0.25, 0.3) is 0 Å². The highest BCUT2D eigenvalue weighted by atomic mass is 16.4. The van der Waals surface area contributed by atoms with Crippen LogP contribution >= 0.6 is 0 Å². The van der Waals surface area contributed by atoms with Gasteiger partial charge in [-0.2, -0.15) is 0 Å². The first-order chi connectivity index (χ1) is 7.63. The van der Waals surface area contributed by atoms with Gasteiger partial charge in [-0.25, -0.2) is 4.79 Å². The molecule has 1 fully saturated rings. The number of carboxylic acid groups (broad SMARTS) is 1. The molecule has 0 bridgehead atoms. The van der Waals surface area contributed by atoms with Crippen molar-refractivity contribution < 1.29 is 9.90 Å². The summed E-state index contributed by atoms with van der Waals surface area (Å²) >= 11 is 0. The van der Waals surface area contributed by atoms with Crippen LogP contribution < -0.4 is 0 Å². The summed E-state index contributed by atoms with van der Waals surface area (Å²) < 4.78 is 0. The number of hydrogen-bond donors (Lipinski definition) is 1. The van der Waals surface area contributed by atoms with Crippen molar-refractivity contribution in [2.24, 2.45) is 0 Å². The van der Waals surface area contributed by atoms with E-state index in [-0.39, 0.29) is 0 Å². The van der Waals surface area contributed by atoms with E-state index in [1.165, 1.54) is 12.5 Å². The predicted octanol–water partition coefficient (Wildman–Crippen LogP) is 1.04. The van der Waals surface area contributed by atoms with Gasteiger partial charge in [-0.05, 0) is 13.3 Å². The average Bonchev–Trinajstić information content (AvgIpc) is 2.28. The molecule has 4 heteroatoms. The Bertz CT molecular complexity index is 245. The van der Waals surface area contributed by atoms with Gasteiger partial charge in [0.05, 0.1) is 0 Å². The van der Waals surface area contributed by atoms with Crippen LogP contribution in [0.2, 0.25) is 0 Å². The standard InChI is InChI=1S/C12H22N2O2/c1-3-11(2)14-9-7-13(8-10-14)6-4-5-12(15)16/h4-5,11H,3,6-10H2,1-2H3,(H,15,16). The highest BCUT2D eigenvalue weighted by molar-refractivity contribution is 5.79. The van der Waals surface area contributed by atoms with Gasteiger partial charge in [0, 0.05) is 44.8 Å². The van der Waals surface area contributed by atoms with Crippen LogP contribution in [0.4, 0.5) is 0 Å². The second kappa shape index (κ2) is 6.66. The molecule has 1 aliphatic rings. The van der Waals surface area contributed by atoms with Gasteiger partial charge in [0.1, 0.15) is 0 Å². The summed E-state index contributed by atoms with van der Waals surface area (Å²) in [6, 6.07) is 0.664. The third kappa shape index (κ3) is 4.33. The zero-order valence-electron chi connectivity index (χ0n) is 10.2. The summed E-state index contributed by atoms with van der Waals surface area (Å²) in [6.07, 6.45) is 4.14. The van der Waals surface area contributed by atoms with Gasteiger partial charge in [-0.3, -0.25) is 9.80 Å². The Morgan fingerprint density at radius 2 is 2.00 bits per heavy atom. The second-order valence-electron chi connectivity index (χ2n) is 4.33. The van der Waals surface area contributed by atoms with E-state index in [1.807, 2.05) is 0 Å². The quantitative estimate of drug-likeness (QED) is 0.711. The maximum Gasteiger partial charge on any atom is 0.328 e. The minimum atomic E-state index is -0.863. The zero-order valence-corrected chi connectivity index (χ0v) is 10.2. The maximum atomic E-state index is 10.3. The lowest BCUT2D eigenvalue weighted by molar-refractivity contribution is -0.131. The van der Waals surface area contributed by atoms with Crippen molar-refractivity contribution in [2.45, 2.75) is 26.3 Å². The summed E-state index contributed by atoms with van der Waals surface area (Å²) in [7, 11) is 0. The minimum Gasteiger partial charge on any atom is -0.478 e. The topological polar surface area (TPSA) is 43.8 Å². The van der Waals surface area contributed by atoms with E-state index in [2.05, 4.69) is 23.6 Å². The number of piperazine rings is 1. The molecule has 1 atom stereocenters. The summed E-state index contributed by atoms with van der Waals surface area (Å²) in [5, 5.41) is 8.48. The van der Waals surface area contributed by atoms with E-state index in [1.54, 1.807) is 6.08 Å². The summed E-state index contributed by atoms with van der Waals surface area (Å²) in [5.74, 6) is -0.863. The van der Waals surface area contributed by atoms with Crippen LogP contribution in [0, 0.1) is 0 Å². The molecular weight excluding hydrogens is 204 g/mol. The molecule has 1 N–H and O–H groups in total.